The maximum Gasteiger partial charge on any atom is 0.263 e. The number of hydrogen-bond acceptors (Lipinski definition) is 4. The number of anilines is 1. The number of rotatable bonds is 3. The Morgan fingerprint density at radius 1 is 1.40 bits per heavy atom. The van der Waals surface area contributed by atoms with Gasteiger partial charge < -0.3 is 5.32 Å². The van der Waals surface area contributed by atoms with Crippen molar-refractivity contribution in [2.75, 3.05) is 5.32 Å². The van der Waals surface area contributed by atoms with Crippen molar-refractivity contribution in [1.82, 2.24) is 20.2 Å². The molecule has 2 aromatic heterocycles. The normalized spacial score (nSPS) is 29.9. The lowest BCUT2D eigenvalue weighted by molar-refractivity contribution is 0.303. The first kappa shape index (κ1) is 11.9. The molecule has 2 heterocycles. The molecule has 2 aliphatic rings. The molecule has 0 aromatic carbocycles. The molecule has 0 radical (unpaired) electrons. The molecular weight excluding hydrogens is 254 g/mol. The van der Waals surface area contributed by atoms with Crippen LogP contribution in [0.4, 0.5) is 5.95 Å². The van der Waals surface area contributed by atoms with Gasteiger partial charge in [0.05, 0.1) is 6.20 Å². The van der Waals surface area contributed by atoms with Crippen molar-refractivity contribution >= 4 is 17.0 Å². The van der Waals surface area contributed by atoms with Gasteiger partial charge in [-0.25, -0.2) is 0 Å². The van der Waals surface area contributed by atoms with E-state index < -0.39 is 0 Å². The number of nitrogens with one attached hydrogen (secondary N) is 3. The van der Waals surface area contributed by atoms with Gasteiger partial charge in [0.2, 0.25) is 5.95 Å². The van der Waals surface area contributed by atoms with Gasteiger partial charge in [-0.2, -0.15) is 10.1 Å². The first-order chi connectivity index (χ1) is 9.70. The molecule has 4 rings (SSSR count). The minimum Gasteiger partial charge on any atom is -0.353 e. The van der Waals surface area contributed by atoms with Gasteiger partial charge >= 0.3 is 0 Å². The Balaban J connectivity index is 1.56. The van der Waals surface area contributed by atoms with Crippen LogP contribution in [0, 0.1) is 17.8 Å². The fraction of sp³-hybridized carbons (Fsp3) is 0.643. The van der Waals surface area contributed by atoms with E-state index in [0.29, 0.717) is 28.9 Å². The summed E-state index contributed by atoms with van der Waals surface area (Å²) in [6.07, 6.45) is 6.98. The van der Waals surface area contributed by atoms with Crippen molar-refractivity contribution < 1.29 is 0 Å². The first-order valence-electron chi connectivity index (χ1n) is 7.40. The van der Waals surface area contributed by atoms with Crippen LogP contribution in [0.1, 0.15) is 32.6 Å². The predicted octanol–water partition coefficient (Wildman–Crippen LogP) is 1.88. The Kier molecular flexibility index (Phi) is 2.58. The van der Waals surface area contributed by atoms with E-state index in [9.17, 15) is 4.79 Å². The number of aromatic amines is 2. The second kappa shape index (κ2) is 4.33. The third-order valence-electron chi connectivity index (χ3n) is 5.12. The lowest BCUT2D eigenvalue weighted by atomic mass is 9.84. The van der Waals surface area contributed by atoms with E-state index in [1.165, 1.54) is 31.9 Å². The second-order valence-electron chi connectivity index (χ2n) is 6.32. The topological polar surface area (TPSA) is 86.5 Å². The molecule has 106 valence electrons. The summed E-state index contributed by atoms with van der Waals surface area (Å²) in [6.45, 7) is 2.20. The molecule has 2 saturated carbocycles. The molecule has 0 amide bonds. The van der Waals surface area contributed by atoms with Crippen LogP contribution in [-0.2, 0) is 0 Å². The largest absolute Gasteiger partial charge is 0.353 e. The van der Waals surface area contributed by atoms with Crippen molar-refractivity contribution in [3.8, 4) is 0 Å². The van der Waals surface area contributed by atoms with E-state index in [2.05, 4.69) is 32.4 Å². The number of nitrogens with zero attached hydrogens (tertiary/aromatic N) is 2. The zero-order chi connectivity index (χ0) is 13.7. The lowest BCUT2D eigenvalue weighted by Crippen LogP contribution is -2.31. The van der Waals surface area contributed by atoms with Gasteiger partial charge in [0.15, 0.2) is 5.65 Å². The summed E-state index contributed by atoms with van der Waals surface area (Å²) in [5, 5.41) is 10.5. The number of H-pyrrole nitrogens is 2. The van der Waals surface area contributed by atoms with Crippen molar-refractivity contribution in [3.63, 3.8) is 0 Å². The molecule has 2 bridgehead atoms. The van der Waals surface area contributed by atoms with Crippen LogP contribution in [0.5, 0.6) is 0 Å². The maximum atomic E-state index is 11.9. The van der Waals surface area contributed by atoms with Gasteiger partial charge in [0.25, 0.3) is 5.56 Å². The van der Waals surface area contributed by atoms with Gasteiger partial charge in [-0.05, 0) is 43.9 Å². The Bertz CT molecular complexity index is 690. The molecule has 0 aliphatic heterocycles. The van der Waals surface area contributed by atoms with Crippen LogP contribution >= 0.6 is 0 Å². The second-order valence-corrected chi connectivity index (χ2v) is 6.32. The standard InChI is InChI=1S/C14H19N5O/c1-7(10-5-8-2-3-9(10)4-8)16-14-17-12-11(6-15-19-12)13(20)18-14/h6-10H,2-5H2,1H3,(H3,15,16,17,18,19,20). The molecule has 6 nitrogen and oxygen atoms in total. The van der Waals surface area contributed by atoms with E-state index >= 15 is 0 Å². The quantitative estimate of drug-likeness (QED) is 0.797. The highest BCUT2D eigenvalue weighted by Gasteiger charge is 2.41. The zero-order valence-electron chi connectivity index (χ0n) is 11.5. The van der Waals surface area contributed by atoms with E-state index in [1.54, 1.807) is 0 Å². The van der Waals surface area contributed by atoms with Crippen LogP contribution in [-0.4, -0.2) is 26.2 Å². The Morgan fingerprint density at radius 3 is 3.05 bits per heavy atom. The van der Waals surface area contributed by atoms with E-state index in [1.807, 2.05) is 0 Å². The smallest absolute Gasteiger partial charge is 0.263 e. The van der Waals surface area contributed by atoms with Crippen LogP contribution in [0.2, 0.25) is 0 Å². The van der Waals surface area contributed by atoms with Crippen molar-refractivity contribution in [2.45, 2.75) is 38.6 Å². The zero-order valence-corrected chi connectivity index (χ0v) is 11.5. The monoisotopic (exact) mass is 273 g/mol. The number of hydrogen-bond donors (Lipinski definition) is 3. The highest BCUT2D eigenvalue weighted by molar-refractivity contribution is 5.73. The molecule has 2 aliphatic carbocycles. The molecule has 20 heavy (non-hydrogen) atoms. The third-order valence-corrected chi connectivity index (χ3v) is 5.12. The maximum absolute atomic E-state index is 11.9. The van der Waals surface area contributed by atoms with Crippen molar-refractivity contribution in [1.29, 1.82) is 0 Å². The predicted molar refractivity (Wildman–Crippen MR) is 76.5 cm³/mol. The van der Waals surface area contributed by atoms with Gasteiger partial charge in [-0.15, -0.1) is 0 Å². The van der Waals surface area contributed by atoms with Crippen LogP contribution in [0.3, 0.4) is 0 Å². The molecule has 6 heteroatoms. The molecule has 2 aromatic rings. The molecule has 0 saturated heterocycles. The van der Waals surface area contributed by atoms with Gasteiger partial charge in [0.1, 0.15) is 5.39 Å². The van der Waals surface area contributed by atoms with Gasteiger partial charge in [0, 0.05) is 6.04 Å². The Labute approximate surface area is 116 Å². The van der Waals surface area contributed by atoms with Crippen LogP contribution in [0.25, 0.3) is 11.0 Å². The molecule has 2 fully saturated rings. The number of fused-ring (bicyclic) bond motifs is 3. The third kappa shape index (κ3) is 1.82. The van der Waals surface area contributed by atoms with Gasteiger partial charge in [-0.3, -0.25) is 14.9 Å². The SMILES string of the molecule is CC(Nc1nc2[nH]ncc2c(=O)[nH]1)C1CC2CCC1C2. The molecule has 4 atom stereocenters. The minimum absolute atomic E-state index is 0.147. The average molecular weight is 273 g/mol. The number of aromatic nitrogens is 4. The van der Waals surface area contributed by atoms with Crippen molar-refractivity contribution in [2.24, 2.45) is 17.8 Å². The van der Waals surface area contributed by atoms with Crippen molar-refractivity contribution in [3.05, 3.63) is 16.6 Å². The van der Waals surface area contributed by atoms with E-state index in [4.69, 9.17) is 0 Å². The van der Waals surface area contributed by atoms with Crippen LogP contribution < -0.4 is 10.9 Å². The molecule has 3 N–H and O–H groups in total. The van der Waals surface area contributed by atoms with Gasteiger partial charge in [-0.1, -0.05) is 6.42 Å². The first-order valence-corrected chi connectivity index (χ1v) is 7.40. The summed E-state index contributed by atoms with van der Waals surface area (Å²) in [5.41, 5.74) is 0.391. The fourth-order valence-electron chi connectivity index (χ4n) is 4.14. The summed E-state index contributed by atoms with van der Waals surface area (Å²) in [5.74, 6) is 3.03. The summed E-state index contributed by atoms with van der Waals surface area (Å²) < 4.78 is 0. The van der Waals surface area contributed by atoms with E-state index in [-0.39, 0.29) is 5.56 Å². The average Bonchev–Trinajstić information content (AvgIpc) is 3.13. The highest BCUT2D eigenvalue weighted by Crippen LogP contribution is 2.49. The van der Waals surface area contributed by atoms with E-state index in [0.717, 1.165) is 11.8 Å². The lowest BCUT2D eigenvalue weighted by Gasteiger charge is -2.28. The molecular formula is C14H19N5O. The molecule has 4 unspecified atom stereocenters. The highest BCUT2D eigenvalue weighted by atomic mass is 16.1. The summed E-state index contributed by atoms with van der Waals surface area (Å²) in [4.78, 5) is 19.1. The Morgan fingerprint density at radius 2 is 2.30 bits per heavy atom. The Hall–Kier alpha value is -1.85. The summed E-state index contributed by atoms with van der Waals surface area (Å²) in [6, 6.07) is 0.342. The fourth-order valence-corrected chi connectivity index (χ4v) is 4.14. The summed E-state index contributed by atoms with van der Waals surface area (Å²) in [7, 11) is 0. The minimum atomic E-state index is -0.147. The molecule has 0 spiro atoms. The van der Waals surface area contributed by atoms with Crippen LogP contribution in [0.15, 0.2) is 11.0 Å². The summed E-state index contributed by atoms with van der Waals surface area (Å²) >= 11 is 0.